The maximum absolute atomic E-state index is 11.9. The second-order valence-electron chi connectivity index (χ2n) is 4.05. The minimum absolute atomic E-state index is 0.152. The van der Waals surface area contributed by atoms with Gasteiger partial charge in [-0.1, -0.05) is 18.2 Å². The number of nitrogens with one attached hydrogen (secondary N) is 1. The Morgan fingerprint density at radius 1 is 1.14 bits per heavy atom. The predicted molar refractivity (Wildman–Crippen MR) is 87.1 cm³/mol. The minimum Gasteiger partial charge on any atom is -0.481 e. The third-order valence-corrected chi connectivity index (χ3v) is 3.84. The molecule has 21 heavy (non-hydrogen) atoms. The van der Waals surface area contributed by atoms with Crippen LogP contribution in [0.15, 0.2) is 51.4 Å². The van der Waals surface area contributed by atoms with E-state index in [0.29, 0.717) is 17.0 Å². The molecule has 0 saturated carbocycles. The van der Waals surface area contributed by atoms with Gasteiger partial charge in [-0.3, -0.25) is 4.79 Å². The predicted octanol–water partition coefficient (Wildman–Crippen LogP) is 4.10. The Kier molecular flexibility index (Phi) is 5.37. The van der Waals surface area contributed by atoms with Crippen LogP contribution < -0.4 is 10.1 Å². The third-order valence-electron chi connectivity index (χ3n) is 2.59. The summed E-state index contributed by atoms with van der Waals surface area (Å²) in [6.45, 7) is -0.152. The van der Waals surface area contributed by atoms with Crippen LogP contribution in [-0.2, 0) is 4.79 Å². The number of para-hydroxylation sites is 2. The van der Waals surface area contributed by atoms with E-state index in [-0.39, 0.29) is 12.5 Å². The van der Waals surface area contributed by atoms with Gasteiger partial charge < -0.3 is 10.1 Å². The maximum atomic E-state index is 11.9. The zero-order valence-corrected chi connectivity index (χ0v) is 13.9. The summed E-state index contributed by atoms with van der Waals surface area (Å²) in [5, 5.41) is 11.6. The molecule has 0 aliphatic carbocycles. The quantitative estimate of drug-likeness (QED) is 0.826. The van der Waals surface area contributed by atoms with Crippen LogP contribution in [0.25, 0.3) is 0 Å². The minimum atomic E-state index is -0.333. The van der Waals surface area contributed by atoms with Gasteiger partial charge in [0.1, 0.15) is 11.8 Å². The number of ether oxygens (including phenoxy) is 1. The van der Waals surface area contributed by atoms with Gasteiger partial charge in [0.15, 0.2) is 6.61 Å². The van der Waals surface area contributed by atoms with Gasteiger partial charge >= 0.3 is 0 Å². The lowest BCUT2D eigenvalue weighted by atomic mass is 10.2. The molecule has 2 aromatic carbocycles. The van der Waals surface area contributed by atoms with Crippen LogP contribution in [0.1, 0.15) is 5.56 Å². The highest BCUT2D eigenvalue weighted by Crippen LogP contribution is 2.32. The van der Waals surface area contributed by atoms with Crippen LogP contribution in [0.2, 0.25) is 0 Å². The molecule has 0 radical (unpaired) electrons. The van der Waals surface area contributed by atoms with Crippen LogP contribution in [0.5, 0.6) is 5.75 Å². The van der Waals surface area contributed by atoms with Crippen LogP contribution in [0, 0.1) is 11.3 Å². The van der Waals surface area contributed by atoms with Crippen molar-refractivity contribution in [3.8, 4) is 11.8 Å². The number of nitriles is 1. The van der Waals surface area contributed by atoms with Gasteiger partial charge in [0, 0.05) is 0 Å². The highest BCUT2D eigenvalue weighted by Gasteiger charge is 2.10. The number of carbonyl (C=O) groups excluding carboxylic acids is 1. The first-order valence-corrected chi connectivity index (χ1v) is 7.56. The SMILES string of the molecule is N#Cc1ccccc1NC(=O)COc1c(Br)cccc1Br. The van der Waals surface area contributed by atoms with Gasteiger partial charge in [-0.05, 0) is 56.1 Å². The van der Waals surface area contributed by atoms with Crippen molar-refractivity contribution in [2.24, 2.45) is 0 Å². The second kappa shape index (κ2) is 7.25. The molecule has 6 heteroatoms. The van der Waals surface area contributed by atoms with E-state index in [9.17, 15) is 4.79 Å². The number of amides is 1. The Labute approximate surface area is 139 Å². The highest BCUT2D eigenvalue weighted by atomic mass is 79.9. The molecule has 0 fully saturated rings. The number of anilines is 1. The summed E-state index contributed by atoms with van der Waals surface area (Å²) in [7, 11) is 0. The van der Waals surface area contributed by atoms with E-state index >= 15 is 0 Å². The van der Waals surface area contributed by atoms with Crippen molar-refractivity contribution in [2.45, 2.75) is 0 Å². The van der Waals surface area contributed by atoms with E-state index < -0.39 is 0 Å². The molecule has 0 saturated heterocycles. The van der Waals surface area contributed by atoms with Crippen molar-refractivity contribution in [2.75, 3.05) is 11.9 Å². The van der Waals surface area contributed by atoms with Gasteiger partial charge in [0.25, 0.3) is 5.91 Å². The molecule has 0 aliphatic rings. The van der Waals surface area contributed by atoms with Gasteiger partial charge in [-0.15, -0.1) is 0 Å². The summed E-state index contributed by atoms with van der Waals surface area (Å²) in [5.41, 5.74) is 0.882. The molecule has 0 unspecified atom stereocenters. The molecule has 0 spiro atoms. The van der Waals surface area contributed by atoms with Crippen molar-refractivity contribution in [1.82, 2.24) is 0 Å². The summed E-state index contributed by atoms with van der Waals surface area (Å²) in [5.74, 6) is 0.224. The Bertz CT molecular complexity index is 691. The Morgan fingerprint density at radius 2 is 1.81 bits per heavy atom. The van der Waals surface area contributed by atoms with Crippen molar-refractivity contribution < 1.29 is 9.53 Å². The monoisotopic (exact) mass is 408 g/mol. The van der Waals surface area contributed by atoms with Gasteiger partial charge in [0.05, 0.1) is 20.2 Å². The van der Waals surface area contributed by atoms with Crippen molar-refractivity contribution in [3.63, 3.8) is 0 Å². The number of hydrogen-bond donors (Lipinski definition) is 1. The zero-order valence-electron chi connectivity index (χ0n) is 10.8. The molecular formula is C15H10Br2N2O2. The van der Waals surface area contributed by atoms with Crippen molar-refractivity contribution in [1.29, 1.82) is 5.26 Å². The topological polar surface area (TPSA) is 62.1 Å². The van der Waals surface area contributed by atoms with Crippen LogP contribution in [0.3, 0.4) is 0 Å². The van der Waals surface area contributed by atoms with Crippen LogP contribution in [0.4, 0.5) is 5.69 Å². The maximum Gasteiger partial charge on any atom is 0.262 e. The summed E-state index contributed by atoms with van der Waals surface area (Å²) < 4.78 is 6.99. The van der Waals surface area contributed by atoms with Gasteiger partial charge in [-0.25, -0.2) is 0 Å². The van der Waals surface area contributed by atoms with Gasteiger partial charge in [0.2, 0.25) is 0 Å². The van der Waals surface area contributed by atoms with E-state index in [2.05, 4.69) is 37.2 Å². The third kappa shape index (κ3) is 4.06. The summed E-state index contributed by atoms with van der Waals surface area (Å²) in [6.07, 6.45) is 0. The highest BCUT2D eigenvalue weighted by molar-refractivity contribution is 9.11. The van der Waals surface area contributed by atoms with Crippen LogP contribution in [-0.4, -0.2) is 12.5 Å². The van der Waals surface area contributed by atoms with E-state index in [0.717, 1.165) is 8.95 Å². The standard InChI is InChI=1S/C15H10Br2N2O2/c16-11-5-3-6-12(17)15(11)21-9-14(20)19-13-7-2-1-4-10(13)8-18/h1-7H,9H2,(H,19,20). The molecular weight excluding hydrogens is 400 g/mol. The molecule has 1 N–H and O–H groups in total. The Hall–Kier alpha value is -1.84. The first-order valence-electron chi connectivity index (χ1n) is 5.97. The fraction of sp³-hybridized carbons (Fsp3) is 0.0667. The molecule has 1 amide bonds. The molecule has 2 aromatic rings. The smallest absolute Gasteiger partial charge is 0.262 e. The van der Waals surface area contributed by atoms with Gasteiger partial charge in [-0.2, -0.15) is 5.26 Å². The van der Waals surface area contributed by atoms with E-state index in [1.54, 1.807) is 24.3 Å². The first-order chi connectivity index (χ1) is 10.1. The fourth-order valence-corrected chi connectivity index (χ4v) is 2.86. The number of nitrogens with zero attached hydrogens (tertiary/aromatic N) is 1. The van der Waals surface area contributed by atoms with Crippen LogP contribution >= 0.6 is 31.9 Å². The Morgan fingerprint density at radius 3 is 2.48 bits per heavy atom. The molecule has 0 bridgehead atoms. The van der Waals surface area contributed by atoms with E-state index in [1.807, 2.05) is 24.3 Å². The largest absolute Gasteiger partial charge is 0.481 e. The zero-order chi connectivity index (χ0) is 15.2. The first kappa shape index (κ1) is 15.5. The average Bonchev–Trinajstić information content (AvgIpc) is 2.47. The average molecular weight is 410 g/mol. The molecule has 106 valence electrons. The number of rotatable bonds is 4. The lowest BCUT2D eigenvalue weighted by molar-refractivity contribution is -0.118. The lowest BCUT2D eigenvalue weighted by Gasteiger charge is -2.11. The van der Waals surface area contributed by atoms with E-state index in [1.165, 1.54) is 0 Å². The number of hydrogen-bond acceptors (Lipinski definition) is 3. The lowest BCUT2D eigenvalue weighted by Crippen LogP contribution is -2.20. The molecule has 0 heterocycles. The normalized spacial score (nSPS) is 9.76. The number of carbonyl (C=O) groups is 1. The van der Waals surface area contributed by atoms with Crippen molar-refractivity contribution >= 4 is 43.5 Å². The Balaban J connectivity index is 2.02. The summed E-state index contributed by atoms with van der Waals surface area (Å²) in [6, 6.07) is 14.3. The molecule has 0 aliphatic heterocycles. The molecule has 4 nitrogen and oxygen atoms in total. The number of halogens is 2. The second-order valence-corrected chi connectivity index (χ2v) is 5.75. The molecule has 2 rings (SSSR count). The van der Waals surface area contributed by atoms with Crippen molar-refractivity contribution in [3.05, 3.63) is 57.0 Å². The fourth-order valence-electron chi connectivity index (χ4n) is 1.63. The molecule has 0 atom stereocenters. The number of benzene rings is 2. The molecule has 0 aromatic heterocycles. The summed E-state index contributed by atoms with van der Waals surface area (Å²) >= 11 is 6.71. The van der Waals surface area contributed by atoms with E-state index in [4.69, 9.17) is 10.00 Å². The summed E-state index contributed by atoms with van der Waals surface area (Å²) in [4.78, 5) is 11.9.